The number of nitrogens with zero attached hydrogens (tertiary/aromatic N) is 1. The normalized spacial score (nSPS) is 10.4. The Balaban J connectivity index is 2.52. The van der Waals surface area contributed by atoms with Crippen LogP contribution in [-0.4, -0.2) is 15.9 Å². The van der Waals surface area contributed by atoms with Crippen molar-refractivity contribution < 1.29 is 4.79 Å². The summed E-state index contributed by atoms with van der Waals surface area (Å²) in [5.41, 5.74) is 7.48. The monoisotopic (exact) mass is 235 g/mol. The number of hydrogen-bond donors (Lipinski definition) is 2. The summed E-state index contributed by atoms with van der Waals surface area (Å²) in [7, 11) is 0. The Kier molecular flexibility index (Phi) is 2.66. The lowest BCUT2D eigenvalue weighted by Crippen LogP contribution is -2.12. The van der Waals surface area contributed by atoms with Gasteiger partial charge in [-0.25, -0.2) is 4.98 Å². The quantitative estimate of drug-likeness (QED) is 0.837. The minimum Gasteiger partial charge on any atom is -0.363 e. The van der Waals surface area contributed by atoms with Gasteiger partial charge in [0.05, 0.1) is 5.69 Å². The van der Waals surface area contributed by atoms with E-state index in [0.717, 1.165) is 11.3 Å². The van der Waals surface area contributed by atoms with Crippen LogP contribution in [0.25, 0.3) is 11.3 Å². The average Bonchev–Trinajstić information content (AvgIpc) is 2.60. The first-order valence-corrected chi connectivity index (χ1v) is 5.08. The lowest BCUT2D eigenvalue weighted by molar-refractivity contribution is 0.0991. The lowest BCUT2D eigenvalue weighted by atomic mass is 10.1. The van der Waals surface area contributed by atoms with Gasteiger partial charge in [0.2, 0.25) is 0 Å². The molecule has 0 atom stereocenters. The van der Waals surface area contributed by atoms with E-state index in [1.54, 1.807) is 12.1 Å². The van der Waals surface area contributed by atoms with Crippen molar-refractivity contribution in [2.45, 2.75) is 6.92 Å². The SMILES string of the molecule is Cc1[nH]c(C(N)=O)nc1-c1cccc(Cl)c1. The number of amides is 1. The Morgan fingerprint density at radius 3 is 2.81 bits per heavy atom. The van der Waals surface area contributed by atoms with E-state index in [4.69, 9.17) is 17.3 Å². The zero-order valence-electron chi connectivity index (χ0n) is 8.62. The van der Waals surface area contributed by atoms with Crippen LogP contribution in [-0.2, 0) is 0 Å². The van der Waals surface area contributed by atoms with E-state index >= 15 is 0 Å². The number of primary amides is 1. The third-order valence-electron chi connectivity index (χ3n) is 2.22. The molecule has 0 bridgehead atoms. The Hall–Kier alpha value is -1.81. The predicted molar refractivity (Wildman–Crippen MR) is 62.3 cm³/mol. The summed E-state index contributed by atoms with van der Waals surface area (Å²) in [5, 5.41) is 0.625. The first-order chi connectivity index (χ1) is 7.58. The molecule has 2 rings (SSSR count). The number of hydrogen-bond acceptors (Lipinski definition) is 2. The minimum atomic E-state index is -0.573. The third-order valence-corrected chi connectivity index (χ3v) is 2.45. The Labute approximate surface area is 97.5 Å². The summed E-state index contributed by atoms with van der Waals surface area (Å²) in [6, 6.07) is 7.27. The van der Waals surface area contributed by atoms with Gasteiger partial charge in [-0.3, -0.25) is 4.79 Å². The summed E-state index contributed by atoms with van der Waals surface area (Å²) >= 11 is 5.89. The summed E-state index contributed by atoms with van der Waals surface area (Å²) < 4.78 is 0. The number of nitrogens with one attached hydrogen (secondary N) is 1. The van der Waals surface area contributed by atoms with Crippen LogP contribution < -0.4 is 5.73 Å². The van der Waals surface area contributed by atoms with Gasteiger partial charge in [-0.1, -0.05) is 23.7 Å². The first-order valence-electron chi connectivity index (χ1n) is 4.70. The molecule has 1 amide bonds. The molecular formula is C11H10ClN3O. The van der Waals surface area contributed by atoms with Crippen LogP contribution in [0.4, 0.5) is 0 Å². The largest absolute Gasteiger partial charge is 0.363 e. The van der Waals surface area contributed by atoms with Gasteiger partial charge in [0.1, 0.15) is 0 Å². The van der Waals surface area contributed by atoms with Crippen LogP contribution >= 0.6 is 11.6 Å². The van der Waals surface area contributed by atoms with Crippen molar-refractivity contribution in [3.05, 3.63) is 40.8 Å². The molecule has 0 aliphatic rings. The van der Waals surface area contributed by atoms with E-state index in [-0.39, 0.29) is 5.82 Å². The summed E-state index contributed by atoms with van der Waals surface area (Å²) in [4.78, 5) is 17.9. The van der Waals surface area contributed by atoms with E-state index < -0.39 is 5.91 Å². The maximum absolute atomic E-state index is 11.0. The summed E-state index contributed by atoms with van der Waals surface area (Å²) in [6.07, 6.45) is 0. The number of carbonyl (C=O) groups is 1. The highest BCUT2D eigenvalue weighted by molar-refractivity contribution is 6.30. The maximum Gasteiger partial charge on any atom is 0.284 e. The van der Waals surface area contributed by atoms with Gasteiger partial charge in [0, 0.05) is 16.3 Å². The minimum absolute atomic E-state index is 0.160. The molecule has 2 aromatic rings. The van der Waals surface area contributed by atoms with E-state index in [0.29, 0.717) is 10.7 Å². The van der Waals surface area contributed by atoms with Crippen molar-refractivity contribution in [1.82, 2.24) is 9.97 Å². The van der Waals surface area contributed by atoms with E-state index in [1.807, 2.05) is 19.1 Å². The van der Waals surface area contributed by atoms with Gasteiger partial charge in [-0.05, 0) is 19.1 Å². The number of nitrogens with two attached hydrogens (primary N) is 1. The molecule has 1 aromatic carbocycles. The fourth-order valence-corrected chi connectivity index (χ4v) is 1.68. The molecule has 0 unspecified atom stereocenters. The second kappa shape index (κ2) is 3.98. The van der Waals surface area contributed by atoms with Crippen LogP contribution in [0.2, 0.25) is 5.02 Å². The molecule has 82 valence electrons. The number of aromatic amines is 1. The van der Waals surface area contributed by atoms with Crippen LogP contribution in [0.5, 0.6) is 0 Å². The molecule has 4 nitrogen and oxygen atoms in total. The second-order valence-corrected chi connectivity index (χ2v) is 3.87. The molecule has 0 spiro atoms. The van der Waals surface area contributed by atoms with Crippen LogP contribution in [0.1, 0.15) is 16.3 Å². The molecule has 5 heteroatoms. The molecule has 3 N–H and O–H groups in total. The lowest BCUT2D eigenvalue weighted by Gasteiger charge is -1.98. The number of aryl methyl sites for hydroxylation is 1. The molecular weight excluding hydrogens is 226 g/mol. The summed E-state index contributed by atoms with van der Waals surface area (Å²) in [5.74, 6) is -0.413. The molecule has 16 heavy (non-hydrogen) atoms. The number of carbonyl (C=O) groups excluding carboxylic acids is 1. The third kappa shape index (κ3) is 1.92. The van der Waals surface area contributed by atoms with E-state index in [9.17, 15) is 4.79 Å². The number of imidazole rings is 1. The predicted octanol–water partition coefficient (Wildman–Crippen LogP) is 2.14. The molecule has 0 saturated heterocycles. The Morgan fingerprint density at radius 2 is 2.25 bits per heavy atom. The number of halogens is 1. The fourth-order valence-electron chi connectivity index (χ4n) is 1.49. The second-order valence-electron chi connectivity index (χ2n) is 3.43. The van der Waals surface area contributed by atoms with Gasteiger partial charge in [0.15, 0.2) is 5.82 Å². The van der Waals surface area contributed by atoms with Crippen LogP contribution in [0.15, 0.2) is 24.3 Å². The molecule has 0 aliphatic heterocycles. The van der Waals surface area contributed by atoms with Gasteiger partial charge >= 0.3 is 0 Å². The molecule has 0 fully saturated rings. The van der Waals surface area contributed by atoms with Crippen molar-refractivity contribution in [2.24, 2.45) is 5.73 Å². The standard InChI is InChI=1S/C11H10ClN3O/c1-6-9(15-11(14-6)10(13)16)7-3-2-4-8(12)5-7/h2-5H,1H3,(H2,13,16)(H,14,15). The van der Waals surface area contributed by atoms with Crippen molar-refractivity contribution in [2.75, 3.05) is 0 Å². The van der Waals surface area contributed by atoms with Crippen molar-refractivity contribution in [3.63, 3.8) is 0 Å². The molecule has 1 heterocycles. The topological polar surface area (TPSA) is 71.8 Å². The smallest absolute Gasteiger partial charge is 0.284 e. The van der Waals surface area contributed by atoms with Crippen molar-refractivity contribution in [1.29, 1.82) is 0 Å². The van der Waals surface area contributed by atoms with Crippen LogP contribution in [0, 0.1) is 6.92 Å². The summed E-state index contributed by atoms with van der Waals surface area (Å²) in [6.45, 7) is 1.83. The molecule has 0 radical (unpaired) electrons. The number of aromatic nitrogens is 2. The molecule has 1 aromatic heterocycles. The molecule has 0 saturated carbocycles. The Bertz CT molecular complexity index is 548. The first kappa shape index (κ1) is 10.7. The fraction of sp³-hybridized carbons (Fsp3) is 0.0909. The Morgan fingerprint density at radius 1 is 1.50 bits per heavy atom. The van der Waals surface area contributed by atoms with Crippen LogP contribution in [0.3, 0.4) is 0 Å². The average molecular weight is 236 g/mol. The van der Waals surface area contributed by atoms with Crippen molar-refractivity contribution >= 4 is 17.5 Å². The highest BCUT2D eigenvalue weighted by Gasteiger charge is 2.12. The van der Waals surface area contributed by atoms with Crippen molar-refractivity contribution in [3.8, 4) is 11.3 Å². The van der Waals surface area contributed by atoms with Gasteiger partial charge < -0.3 is 10.7 Å². The number of H-pyrrole nitrogens is 1. The zero-order chi connectivity index (χ0) is 11.7. The highest BCUT2D eigenvalue weighted by Crippen LogP contribution is 2.23. The van der Waals surface area contributed by atoms with E-state index in [2.05, 4.69) is 9.97 Å². The van der Waals surface area contributed by atoms with E-state index in [1.165, 1.54) is 0 Å². The number of rotatable bonds is 2. The van der Waals surface area contributed by atoms with Gasteiger partial charge in [-0.15, -0.1) is 0 Å². The molecule has 0 aliphatic carbocycles. The van der Waals surface area contributed by atoms with Gasteiger partial charge in [-0.2, -0.15) is 0 Å². The number of benzene rings is 1. The zero-order valence-corrected chi connectivity index (χ0v) is 9.38. The maximum atomic E-state index is 11.0. The highest BCUT2D eigenvalue weighted by atomic mass is 35.5. The van der Waals surface area contributed by atoms with Gasteiger partial charge in [0.25, 0.3) is 5.91 Å².